The fourth-order valence-corrected chi connectivity index (χ4v) is 4.52. The third-order valence-corrected chi connectivity index (χ3v) is 5.32. The van der Waals surface area contributed by atoms with Crippen LogP contribution in [0.3, 0.4) is 0 Å². The van der Waals surface area contributed by atoms with Crippen molar-refractivity contribution < 1.29 is 9.18 Å². The number of nitrogens with zero attached hydrogens (tertiary/aromatic N) is 2. The van der Waals surface area contributed by atoms with Gasteiger partial charge in [0.25, 0.3) is 5.91 Å². The molecule has 112 valence electrons. The average molecular weight is 309 g/mol. The Morgan fingerprint density at radius 1 is 1.14 bits per heavy atom. The second kappa shape index (κ2) is 4.96. The van der Waals surface area contributed by atoms with Crippen LogP contribution in [0.2, 0.25) is 5.02 Å². The van der Waals surface area contributed by atoms with Gasteiger partial charge < -0.3 is 9.80 Å². The van der Waals surface area contributed by atoms with E-state index >= 15 is 0 Å². The van der Waals surface area contributed by atoms with E-state index in [9.17, 15) is 9.18 Å². The molecule has 3 nitrogen and oxygen atoms in total. The number of hydrogen-bond acceptors (Lipinski definition) is 2. The lowest BCUT2D eigenvalue weighted by molar-refractivity contribution is 0.0569. The fourth-order valence-electron chi connectivity index (χ4n) is 4.35. The van der Waals surface area contributed by atoms with Gasteiger partial charge in [-0.15, -0.1) is 0 Å². The van der Waals surface area contributed by atoms with Crippen LogP contribution in [-0.2, 0) is 0 Å². The number of rotatable bonds is 1. The van der Waals surface area contributed by atoms with E-state index in [1.54, 1.807) is 0 Å². The van der Waals surface area contributed by atoms with Gasteiger partial charge in [-0.2, -0.15) is 0 Å². The monoisotopic (exact) mass is 308 g/mol. The summed E-state index contributed by atoms with van der Waals surface area (Å²) in [7, 11) is 0. The largest absolute Gasteiger partial charge is 0.334 e. The second-order valence-corrected chi connectivity index (χ2v) is 7.09. The van der Waals surface area contributed by atoms with Gasteiger partial charge >= 0.3 is 0 Å². The van der Waals surface area contributed by atoms with Crippen LogP contribution >= 0.6 is 11.6 Å². The third-order valence-electron chi connectivity index (χ3n) is 5.09. The topological polar surface area (TPSA) is 23.6 Å². The molecule has 0 aliphatic carbocycles. The standard InChI is InChI=1S/C16H18ClFN2O/c17-12-1-2-15(18)14(5-12)16(21)20-8-11-3-10-4-13(20)9-19(6-10)7-11/h1-2,5,10-11,13H,3-4,6-9H2. The maximum atomic E-state index is 14.0. The second-order valence-electron chi connectivity index (χ2n) is 6.66. The summed E-state index contributed by atoms with van der Waals surface area (Å²) < 4.78 is 14.0. The summed E-state index contributed by atoms with van der Waals surface area (Å²) in [4.78, 5) is 17.2. The van der Waals surface area contributed by atoms with E-state index in [1.807, 2.05) is 4.90 Å². The molecule has 1 aromatic carbocycles. The molecular weight excluding hydrogens is 291 g/mol. The molecule has 0 aromatic heterocycles. The summed E-state index contributed by atoms with van der Waals surface area (Å²) in [6.45, 7) is 3.93. The first kappa shape index (κ1) is 13.5. The molecule has 0 spiro atoms. The summed E-state index contributed by atoms with van der Waals surface area (Å²) in [5.74, 6) is 0.551. The summed E-state index contributed by atoms with van der Waals surface area (Å²) in [6, 6.07) is 4.44. The number of carbonyl (C=O) groups excluding carboxylic acids is 1. The smallest absolute Gasteiger partial charge is 0.257 e. The molecule has 1 amide bonds. The third kappa shape index (κ3) is 2.34. The maximum absolute atomic E-state index is 14.0. The number of fused-ring (bicyclic) bond motifs is 1. The first-order valence-electron chi connectivity index (χ1n) is 7.58. The minimum Gasteiger partial charge on any atom is -0.334 e. The van der Waals surface area contributed by atoms with Gasteiger partial charge in [0, 0.05) is 37.2 Å². The van der Waals surface area contributed by atoms with Gasteiger partial charge in [0.15, 0.2) is 0 Å². The van der Waals surface area contributed by atoms with Gasteiger partial charge in [0.2, 0.25) is 0 Å². The van der Waals surface area contributed by atoms with Crippen LogP contribution in [0.25, 0.3) is 0 Å². The lowest BCUT2D eigenvalue weighted by Crippen LogP contribution is -2.50. The molecule has 5 heteroatoms. The van der Waals surface area contributed by atoms with Crippen LogP contribution < -0.4 is 0 Å². The molecule has 4 unspecified atom stereocenters. The minimum absolute atomic E-state index is 0.110. The van der Waals surface area contributed by atoms with Gasteiger partial charge in [0.1, 0.15) is 5.82 Å². The van der Waals surface area contributed by atoms with Crippen LogP contribution in [0.1, 0.15) is 23.2 Å². The number of benzene rings is 1. The summed E-state index contributed by atoms with van der Waals surface area (Å²) in [6.07, 6.45) is 2.26. The van der Waals surface area contributed by atoms with E-state index in [0.717, 1.165) is 26.1 Å². The zero-order valence-electron chi connectivity index (χ0n) is 11.8. The van der Waals surface area contributed by atoms with Gasteiger partial charge in [-0.1, -0.05) is 11.6 Å². The summed E-state index contributed by atoms with van der Waals surface area (Å²) in [5, 5.41) is 0.407. The van der Waals surface area contributed by atoms with Crippen molar-refractivity contribution in [1.29, 1.82) is 0 Å². The Hall–Kier alpha value is -1.13. The highest BCUT2D eigenvalue weighted by atomic mass is 35.5. The maximum Gasteiger partial charge on any atom is 0.257 e. The van der Waals surface area contributed by atoms with E-state index < -0.39 is 5.82 Å². The molecule has 4 bridgehead atoms. The Bertz CT molecular complexity index is 580. The van der Waals surface area contributed by atoms with E-state index in [4.69, 9.17) is 11.6 Å². The molecule has 1 aromatic rings. The molecule has 21 heavy (non-hydrogen) atoms. The predicted octanol–water partition coefficient (Wildman–Crippen LogP) is 2.65. The van der Waals surface area contributed by atoms with Crippen molar-refractivity contribution >= 4 is 17.5 Å². The number of halogens is 2. The SMILES string of the molecule is O=C(c1cc(Cl)ccc1F)N1CC2CC3CC1CN(C3)C2. The van der Waals surface area contributed by atoms with E-state index in [1.165, 1.54) is 31.2 Å². The van der Waals surface area contributed by atoms with Crippen LogP contribution in [0.5, 0.6) is 0 Å². The van der Waals surface area contributed by atoms with E-state index in [-0.39, 0.29) is 17.5 Å². The van der Waals surface area contributed by atoms with Crippen LogP contribution in [0, 0.1) is 17.7 Å². The molecule has 5 rings (SSSR count). The van der Waals surface area contributed by atoms with Gasteiger partial charge in [-0.25, -0.2) is 4.39 Å². The highest BCUT2D eigenvalue weighted by molar-refractivity contribution is 6.31. The highest BCUT2D eigenvalue weighted by Gasteiger charge is 2.43. The van der Waals surface area contributed by atoms with Gasteiger partial charge in [-0.05, 0) is 42.9 Å². The molecule has 4 fully saturated rings. The molecule has 0 N–H and O–H groups in total. The van der Waals surface area contributed by atoms with E-state index in [0.29, 0.717) is 16.9 Å². The summed E-state index contributed by atoms with van der Waals surface area (Å²) in [5.41, 5.74) is 0.110. The van der Waals surface area contributed by atoms with Crippen molar-refractivity contribution in [2.24, 2.45) is 11.8 Å². The molecule has 4 aliphatic rings. The number of amides is 1. The molecule has 4 saturated heterocycles. The molecule has 4 heterocycles. The van der Waals surface area contributed by atoms with Crippen LogP contribution in [0.4, 0.5) is 4.39 Å². The molecule has 0 saturated carbocycles. The Labute approximate surface area is 128 Å². The molecule has 4 atom stereocenters. The molecule has 4 aliphatic heterocycles. The Morgan fingerprint density at radius 2 is 1.95 bits per heavy atom. The Morgan fingerprint density at radius 3 is 2.76 bits per heavy atom. The van der Waals surface area contributed by atoms with Crippen LogP contribution in [0.15, 0.2) is 18.2 Å². The lowest BCUT2D eigenvalue weighted by Gasteiger charge is -2.41. The van der Waals surface area contributed by atoms with Crippen molar-refractivity contribution in [3.8, 4) is 0 Å². The summed E-state index contributed by atoms with van der Waals surface area (Å²) >= 11 is 5.93. The Balaban J connectivity index is 1.66. The average Bonchev–Trinajstić information content (AvgIpc) is 2.65. The molecule has 0 radical (unpaired) electrons. The Kier molecular flexibility index (Phi) is 3.19. The zero-order chi connectivity index (χ0) is 14.6. The van der Waals surface area contributed by atoms with Crippen molar-refractivity contribution in [3.05, 3.63) is 34.6 Å². The fraction of sp³-hybridized carbons (Fsp3) is 0.562. The van der Waals surface area contributed by atoms with Crippen molar-refractivity contribution in [2.45, 2.75) is 18.9 Å². The lowest BCUT2D eigenvalue weighted by atomic mass is 9.84. The number of hydrogen-bond donors (Lipinski definition) is 0. The quantitative estimate of drug-likeness (QED) is 0.796. The van der Waals surface area contributed by atoms with Crippen molar-refractivity contribution in [1.82, 2.24) is 9.80 Å². The van der Waals surface area contributed by atoms with Crippen LogP contribution in [-0.4, -0.2) is 47.9 Å². The first-order valence-corrected chi connectivity index (χ1v) is 7.96. The minimum atomic E-state index is -0.478. The normalized spacial score (nSPS) is 34.1. The van der Waals surface area contributed by atoms with Crippen molar-refractivity contribution in [3.63, 3.8) is 0 Å². The van der Waals surface area contributed by atoms with E-state index in [2.05, 4.69) is 4.90 Å². The number of piperidine rings is 2. The highest BCUT2D eigenvalue weighted by Crippen LogP contribution is 2.37. The zero-order valence-corrected chi connectivity index (χ0v) is 12.5. The number of carbonyl (C=O) groups is 1. The predicted molar refractivity (Wildman–Crippen MR) is 78.9 cm³/mol. The van der Waals surface area contributed by atoms with Crippen molar-refractivity contribution in [2.75, 3.05) is 26.2 Å². The van der Waals surface area contributed by atoms with Gasteiger partial charge in [-0.3, -0.25) is 4.79 Å². The molecular formula is C16H18ClFN2O. The van der Waals surface area contributed by atoms with Gasteiger partial charge in [0.05, 0.1) is 5.56 Å². The first-order chi connectivity index (χ1) is 10.1.